The first-order valence-electron chi connectivity index (χ1n) is 4.23. The largest absolute Gasteiger partial charge is 0.464 e. The number of hydrogen-bond acceptors (Lipinski definition) is 4. The van der Waals surface area contributed by atoms with Crippen LogP contribution in [0.4, 0.5) is 0 Å². The lowest BCUT2D eigenvalue weighted by atomic mass is 10.2. The number of nitrogens with one attached hydrogen (secondary N) is 1. The van der Waals surface area contributed by atoms with E-state index in [0.29, 0.717) is 13.0 Å². The van der Waals surface area contributed by atoms with E-state index < -0.39 is 12.1 Å². The zero-order valence-corrected chi connectivity index (χ0v) is 7.45. The molecule has 0 aromatic heterocycles. The van der Waals surface area contributed by atoms with Crippen molar-refractivity contribution < 1.29 is 19.4 Å². The molecule has 0 bridgehead atoms. The van der Waals surface area contributed by atoms with Gasteiger partial charge in [-0.2, -0.15) is 0 Å². The van der Waals surface area contributed by atoms with Gasteiger partial charge < -0.3 is 15.2 Å². The van der Waals surface area contributed by atoms with Crippen LogP contribution in [0.2, 0.25) is 0 Å². The zero-order chi connectivity index (χ0) is 9.84. The van der Waals surface area contributed by atoms with E-state index >= 15 is 0 Å². The highest BCUT2D eigenvalue weighted by molar-refractivity contribution is 5.85. The van der Waals surface area contributed by atoms with Gasteiger partial charge in [0, 0.05) is 6.42 Å². The van der Waals surface area contributed by atoms with E-state index in [9.17, 15) is 9.59 Å². The molecule has 0 unspecified atom stereocenters. The summed E-state index contributed by atoms with van der Waals surface area (Å²) in [6.07, 6.45) is -0.147. The maximum Gasteiger partial charge on any atom is 0.328 e. The van der Waals surface area contributed by atoms with Crippen LogP contribution < -0.4 is 5.32 Å². The Morgan fingerprint density at radius 2 is 2.54 bits per heavy atom. The average molecular weight is 187 g/mol. The predicted octanol–water partition coefficient (Wildman–Crippen LogP) is -0.811. The Kier molecular flexibility index (Phi) is 3.25. The van der Waals surface area contributed by atoms with Gasteiger partial charge in [0.05, 0.1) is 19.1 Å². The van der Waals surface area contributed by atoms with Crippen molar-refractivity contribution in [2.75, 3.05) is 6.61 Å². The molecule has 13 heavy (non-hydrogen) atoms. The fraction of sp³-hybridized carbons (Fsp3) is 0.750. The van der Waals surface area contributed by atoms with Gasteiger partial charge in [0.1, 0.15) is 6.04 Å². The predicted molar refractivity (Wildman–Crippen MR) is 43.8 cm³/mol. The molecule has 0 spiro atoms. The minimum absolute atomic E-state index is 0.0176. The molecule has 2 atom stereocenters. The summed E-state index contributed by atoms with van der Waals surface area (Å²) in [5.41, 5.74) is 0. The van der Waals surface area contributed by atoms with Gasteiger partial charge >= 0.3 is 5.97 Å². The summed E-state index contributed by atoms with van der Waals surface area (Å²) in [4.78, 5) is 22.0. The third kappa shape index (κ3) is 3.02. The van der Waals surface area contributed by atoms with Crippen molar-refractivity contribution in [3.05, 3.63) is 0 Å². The molecule has 1 aliphatic heterocycles. The molecule has 0 aromatic rings. The third-order valence-corrected chi connectivity index (χ3v) is 1.75. The molecular weight excluding hydrogens is 174 g/mol. The van der Waals surface area contributed by atoms with Crippen LogP contribution in [0.25, 0.3) is 0 Å². The molecular formula is C8H13NO4. The van der Waals surface area contributed by atoms with Crippen LogP contribution in [-0.4, -0.2) is 35.7 Å². The number of aliphatic hydroxyl groups excluding tert-OH is 1. The molecule has 1 rings (SSSR count). The lowest BCUT2D eigenvalue weighted by Gasteiger charge is -2.09. The van der Waals surface area contributed by atoms with Crippen LogP contribution in [0.15, 0.2) is 0 Å². The first-order chi connectivity index (χ1) is 6.09. The second-order valence-corrected chi connectivity index (χ2v) is 3.13. The Balaban J connectivity index is 2.31. The molecule has 5 nitrogen and oxygen atoms in total. The lowest BCUT2D eigenvalue weighted by Crippen LogP contribution is -2.39. The summed E-state index contributed by atoms with van der Waals surface area (Å²) in [6, 6.07) is -0.522. The Labute approximate surface area is 76.1 Å². The molecule has 5 heteroatoms. The van der Waals surface area contributed by atoms with Gasteiger partial charge in [-0.15, -0.1) is 0 Å². The van der Waals surface area contributed by atoms with Gasteiger partial charge in [0.2, 0.25) is 5.91 Å². The van der Waals surface area contributed by atoms with Crippen LogP contribution in [0, 0.1) is 0 Å². The number of cyclic esters (lactones) is 1. The minimum Gasteiger partial charge on any atom is -0.464 e. The van der Waals surface area contributed by atoms with Crippen molar-refractivity contribution in [3.63, 3.8) is 0 Å². The third-order valence-electron chi connectivity index (χ3n) is 1.75. The first kappa shape index (κ1) is 9.98. The summed E-state index contributed by atoms with van der Waals surface area (Å²) in [7, 11) is 0. The standard InChI is InChI=1S/C8H13NO4/c1-5(10)4-7(11)9-6-2-3-13-8(6)12/h5-6,10H,2-4H2,1H3,(H,9,11)/t5-,6+/m0/s1. The lowest BCUT2D eigenvalue weighted by molar-refractivity contribution is -0.141. The number of ether oxygens (including phenoxy) is 1. The van der Waals surface area contributed by atoms with Gasteiger partial charge in [-0.05, 0) is 6.92 Å². The molecule has 1 amide bonds. The van der Waals surface area contributed by atoms with Crippen molar-refractivity contribution in [2.24, 2.45) is 0 Å². The Hall–Kier alpha value is -1.10. The molecule has 2 N–H and O–H groups in total. The number of aliphatic hydroxyl groups is 1. The normalized spacial score (nSPS) is 23.8. The zero-order valence-electron chi connectivity index (χ0n) is 7.45. The van der Waals surface area contributed by atoms with Gasteiger partial charge in [-0.1, -0.05) is 0 Å². The van der Waals surface area contributed by atoms with Crippen LogP contribution >= 0.6 is 0 Å². The Bertz CT molecular complexity index is 214. The SMILES string of the molecule is C[C@H](O)CC(=O)N[C@@H]1CCOC1=O. The number of carbonyl (C=O) groups is 2. The summed E-state index contributed by atoms with van der Waals surface area (Å²) in [6.45, 7) is 1.88. The Morgan fingerprint density at radius 3 is 3.00 bits per heavy atom. The van der Waals surface area contributed by atoms with Crippen LogP contribution in [-0.2, 0) is 14.3 Å². The Morgan fingerprint density at radius 1 is 1.85 bits per heavy atom. The monoisotopic (exact) mass is 187 g/mol. The van der Waals surface area contributed by atoms with Crippen molar-refractivity contribution in [1.82, 2.24) is 5.32 Å². The summed E-state index contributed by atoms with van der Waals surface area (Å²) >= 11 is 0. The van der Waals surface area contributed by atoms with E-state index in [2.05, 4.69) is 10.1 Å². The minimum atomic E-state index is -0.683. The van der Waals surface area contributed by atoms with Crippen LogP contribution in [0.3, 0.4) is 0 Å². The maximum atomic E-state index is 11.1. The fourth-order valence-electron chi connectivity index (χ4n) is 1.15. The molecule has 0 radical (unpaired) electrons. The molecule has 1 saturated heterocycles. The molecule has 0 aromatic carbocycles. The number of amides is 1. The quantitative estimate of drug-likeness (QED) is 0.566. The highest BCUT2D eigenvalue weighted by Gasteiger charge is 2.27. The number of rotatable bonds is 3. The van der Waals surface area contributed by atoms with Crippen molar-refractivity contribution in [2.45, 2.75) is 31.9 Å². The average Bonchev–Trinajstić information content (AvgIpc) is 2.34. The number of hydrogen-bond donors (Lipinski definition) is 2. The van der Waals surface area contributed by atoms with Gasteiger partial charge in [-0.25, -0.2) is 4.79 Å². The molecule has 0 aliphatic carbocycles. The molecule has 1 aliphatic rings. The highest BCUT2D eigenvalue weighted by Crippen LogP contribution is 2.05. The number of esters is 1. The van der Waals surface area contributed by atoms with Crippen molar-refractivity contribution >= 4 is 11.9 Å². The second kappa shape index (κ2) is 4.23. The summed E-state index contributed by atoms with van der Waals surface area (Å²) in [5.74, 6) is -0.710. The highest BCUT2D eigenvalue weighted by atomic mass is 16.5. The van der Waals surface area contributed by atoms with E-state index in [0.717, 1.165) is 0 Å². The molecule has 0 saturated carbocycles. The molecule has 1 fully saturated rings. The van der Waals surface area contributed by atoms with Crippen LogP contribution in [0.1, 0.15) is 19.8 Å². The van der Waals surface area contributed by atoms with Crippen LogP contribution in [0.5, 0.6) is 0 Å². The van der Waals surface area contributed by atoms with Crippen molar-refractivity contribution in [1.29, 1.82) is 0 Å². The van der Waals surface area contributed by atoms with E-state index in [1.54, 1.807) is 0 Å². The second-order valence-electron chi connectivity index (χ2n) is 3.13. The smallest absolute Gasteiger partial charge is 0.328 e. The fourth-order valence-corrected chi connectivity index (χ4v) is 1.15. The van der Waals surface area contributed by atoms with Gasteiger partial charge in [-0.3, -0.25) is 4.79 Å². The van der Waals surface area contributed by atoms with E-state index in [4.69, 9.17) is 5.11 Å². The molecule has 1 heterocycles. The van der Waals surface area contributed by atoms with E-state index in [-0.39, 0.29) is 18.3 Å². The number of carbonyl (C=O) groups excluding carboxylic acids is 2. The van der Waals surface area contributed by atoms with E-state index in [1.807, 2.05) is 0 Å². The molecule has 74 valence electrons. The van der Waals surface area contributed by atoms with Gasteiger partial charge in [0.15, 0.2) is 0 Å². The maximum absolute atomic E-state index is 11.1. The summed E-state index contributed by atoms with van der Waals surface area (Å²) in [5, 5.41) is 11.4. The topological polar surface area (TPSA) is 75.6 Å². The van der Waals surface area contributed by atoms with Crippen molar-refractivity contribution in [3.8, 4) is 0 Å². The summed E-state index contributed by atoms with van der Waals surface area (Å²) < 4.78 is 4.66. The first-order valence-corrected chi connectivity index (χ1v) is 4.23. The van der Waals surface area contributed by atoms with Gasteiger partial charge in [0.25, 0.3) is 0 Å². The van der Waals surface area contributed by atoms with E-state index in [1.165, 1.54) is 6.92 Å².